The first-order chi connectivity index (χ1) is 10.1. The highest BCUT2D eigenvalue weighted by Gasteiger charge is 2.27. The Morgan fingerprint density at radius 2 is 1.67 bits per heavy atom. The van der Waals surface area contributed by atoms with Gasteiger partial charge in [-0.1, -0.05) is 46.0 Å². The van der Waals surface area contributed by atoms with Crippen LogP contribution in [-0.4, -0.2) is 17.1 Å². The third-order valence-corrected chi connectivity index (χ3v) is 5.52. The largest absolute Gasteiger partial charge is 0.358 e. The van der Waals surface area contributed by atoms with Crippen LogP contribution in [0.1, 0.15) is 65.2 Å². The Kier molecular flexibility index (Phi) is 6.27. The number of rotatable bonds is 2. The van der Waals surface area contributed by atoms with E-state index in [-0.39, 0.29) is 11.8 Å². The average Bonchev–Trinajstić information content (AvgIpc) is 2.50. The van der Waals surface area contributed by atoms with Crippen molar-refractivity contribution >= 4 is 23.2 Å². The second-order valence-corrected chi connectivity index (χ2v) is 7.20. The van der Waals surface area contributed by atoms with E-state index in [2.05, 4.69) is 30.0 Å². The van der Waals surface area contributed by atoms with E-state index in [9.17, 15) is 4.79 Å². The van der Waals surface area contributed by atoms with Crippen LogP contribution in [-0.2, 0) is 4.79 Å². The molecule has 2 aliphatic carbocycles. The molecule has 3 atom stereocenters. The van der Waals surface area contributed by atoms with E-state index in [0.717, 1.165) is 38.0 Å². The molecule has 0 aromatic heterocycles. The van der Waals surface area contributed by atoms with Crippen LogP contribution in [0.15, 0.2) is 0 Å². The minimum absolute atomic E-state index is 0.0870. The Morgan fingerprint density at radius 3 is 2.38 bits per heavy atom. The van der Waals surface area contributed by atoms with Crippen molar-refractivity contribution in [2.45, 2.75) is 71.3 Å². The summed E-state index contributed by atoms with van der Waals surface area (Å²) in [5.74, 6) is 1.59. The molecule has 1 amide bonds. The van der Waals surface area contributed by atoms with E-state index in [0.29, 0.717) is 17.1 Å². The van der Waals surface area contributed by atoms with Gasteiger partial charge in [0.2, 0.25) is 5.91 Å². The molecule has 2 saturated carbocycles. The van der Waals surface area contributed by atoms with Crippen LogP contribution in [0.5, 0.6) is 0 Å². The van der Waals surface area contributed by atoms with E-state index in [1.165, 1.54) is 19.3 Å². The summed E-state index contributed by atoms with van der Waals surface area (Å²) in [5, 5.41) is 3.91. The van der Waals surface area contributed by atoms with Crippen LogP contribution in [0.25, 0.3) is 0 Å². The highest BCUT2D eigenvalue weighted by Crippen LogP contribution is 2.29. The summed E-state index contributed by atoms with van der Waals surface area (Å²) in [6.45, 7) is 4.59. The van der Waals surface area contributed by atoms with Gasteiger partial charge in [0.1, 0.15) is 0 Å². The Balaban J connectivity index is 1.70. The van der Waals surface area contributed by atoms with Gasteiger partial charge in [-0.25, -0.2) is 0 Å². The molecule has 0 saturated heterocycles. The zero-order valence-corrected chi connectivity index (χ0v) is 14.1. The van der Waals surface area contributed by atoms with Crippen LogP contribution < -0.4 is 16.2 Å². The van der Waals surface area contributed by atoms with Gasteiger partial charge >= 0.3 is 0 Å². The highest BCUT2D eigenvalue weighted by atomic mass is 32.1. The molecular formula is C16H29N3OS. The Bertz CT molecular complexity index is 369. The van der Waals surface area contributed by atoms with E-state index < -0.39 is 0 Å². The lowest BCUT2D eigenvalue weighted by atomic mass is 9.78. The molecule has 5 heteroatoms. The number of carbonyl (C=O) groups excluding carboxylic acids is 1. The van der Waals surface area contributed by atoms with E-state index in [1.807, 2.05) is 0 Å². The fourth-order valence-electron chi connectivity index (χ4n) is 3.58. The smallest absolute Gasteiger partial charge is 0.241 e. The zero-order valence-electron chi connectivity index (χ0n) is 13.3. The standard InChI is InChI=1S/C16H29N3OS/c1-11-7-6-10-14(12(11)2)17-16(21)19-18-15(20)13-8-4-3-5-9-13/h11-14H,3-10H2,1-2H3,(H,18,20)(H2,17,19,21)/t11-,12-,14-/m1/s1. The summed E-state index contributed by atoms with van der Waals surface area (Å²) in [5.41, 5.74) is 5.66. The maximum atomic E-state index is 12.1. The molecule has 0 radical (unpaired) electrons. The van der Waals surface area contributed by atoms with Crippen molar-refractivity contribution < 1.29 is 4.79 Å². The number of hydrogen-bond acceptors (Lipinski definition) is 2. The monoisotopic (exact) mass is 311 g/mol. The van der Waals surface area contributed by atoms with Crippen molar-refractivity contribution in [3.05, 3.63) is 0 Å². The van der Waals surface area contributed by atoms with Gasteiger partial charge in [0.15, 0.2) is 5.11 Å². The normalized spacial score (nSPS) is 30.5. The molecule has 0 unspecified atom stereocenters. The fraction of sp³-hybridized carbons (Fsp3) is 0.875. The summed E-state index contributed by atoms with van der Waals surface area (Å²) in [6.07, 6.45) is 9.31. The fourth-order valence-corrected chi connectivity index (χ4v) is 3.78. The van der Waals surface area contributed by atoms with Gasteiger partial charge in [-0.05, 0) is 43.3 Å². The lowest BCUT2D eigenvalue weighted by Gasteiger charge is -2.35. The molecule has 3 N–H and O–H groups in total. The number of hydrazine groups is 1. The SMILES string of the molecule is C[C@@H]1[C@H](C)CCC[C@H]1NC(=S)NNC(=O)C1CCCCC1. The van der Waals surface area contributed by atoms with E-state index in [4.69, 9.17) is 12.2 Å². The molecular weight excluding hydrogens is 282 g/mol. The predicted octanol–water partition coefficient (Wildman–Crippen LogP) is 2.89. The van der Waals surface area contributed by atoms with Crippen LogP contribution in [0.4, 0.5) is 0 Å². The minimum atomic E-state index is 0.0870. The molecule has 0 spiro atoms. The lowest BCUT2D eigenvalue weighted by molar-refractivity contribution is -0.126. The Hall–Kier alpha value is -0.840. The van der Waals surface area contributed by atoms with Gasteiger partial charge in [0, 0.05) is 12.0 Å². The van der Waals surface area contributed by atoms with Gasteiger partial charge in [0.25, 0.3) is 0 Å². The van der Waals surface area contributed by atoms with Gasteiger partial charge in [-0.3, -0.25) is 15.6 Å². The van der Waals surface area contributed by atoms with Gasteiger partial charge in [0.05, 0.1) is 0 Å². The zero-order chi connectivity index (χ0) is 15.2. The number of amides is 1. The number of carbonyl (C=O) groups is 1. The van der Waals surface area contributed by atoms with Crippen molar-refractivity contribution in [1.29, 1.82) is 0 Å². The van der Waals surface area contributed by atoms with Crippen molar-refractivity contribution in [2.75, 3.05) is 0 Å². The first kappa shape index (κ1) is 16.5. The van der Waals surface area contributed by atoms with Crippen LogP contribution in [0.3, 0.4) is 0 Å². The van der Waals surface area contributed by atoms with Gasteiger partial charge < -0.3 is 5.32 Å². The molecule has 0 bridgehead atoms. The molecule has 0 aromatic carbocycles. The molecule has 0 aliphatic heterocycles. The molecule has 2 rings (SSSR count). The van der Waals surface area contributed by atoms with E-state index in [1.54, 1.807) is 0 Å². The number of thiocarbonyl (C=S) groups is 1. The van der Waals surface area contributed by atoms with Crippen molar-refractivity contribution in [3.8, 4) is 0 Å². The quantitative estimate of drug-likeness (QED) is 0.542. The second-order valence-electron chi connectivity index (χ2n) is 6.80. The van der Waals surface area contributed by atoms with Crippen LogP contribution in [0, 0.1) is 17.8 Å². The molecule has 2 fully saturated rings. The first-order valence-corrected chi connectivity index (χ1v) is 8.85. The number of nitrogens with one attached hydrogen (secondary N) is 3. The Morgan fingerprint density at radius 1 is 0.952 bits per heavy atom. The molecule has 0 heterocycles. The van der Waals surface area contributed by atoms with Crippen molar-refractivity contribution in [1.82, 2.24) is 16.2 Å². The third kappa shape index (κ3) is 4.83. The topological polar surface area (TPSA) is 53.2 Å². The summed E-state index contributed by atoms with van der Waals surface area (Å²) < 4.78 is 0. The summed E-state index contributed by atoms with van der Waals surface area (Å²) >= 11 is 5.31. The molecule has 4 nitrogen and oxygen atoms in total. The van der Waals surface area contributed by atoms with E-state index >= 15 is 0 Å². The minimum Gasteiger partial charge on any atom is -0.358 e. The summed E-state index contributed by atoms with van der Waals surface area (Å²) in [4.78, 5) is 12.1. The van der Waals surface area contributed by atoms with Crippen molar-refractivity contribution in [2.24, 2.45) is 17.8 Å². The number of hydrogen-bond donors (Lipinski definition) is 3. The summed E-state index contributed by atoms with van der Waals surface area (Å²) in [7, 11) is 0. The molecule has 120 valence electrons. The molecule has 21 heavy (non-hydrogen) atoms. The van der Waals surface area contributed by atoms with Crippen LogP contribution in [0.2, 0.25) is 0 Å². The molecule has 2 aliphatic rings. The molecule has 0 aromatic rings. The highest BCUT2D eigenvalue weighted by molar-refractivity contribution is 7.80. The van der Waals surface area contributed by atoms with Crippen LogP contribution >= 0.6 is 12.2 Å². The van der Waals surface area contributed by atoms with Gasteiger partial charge in [-0.2, -0.15) is 0 Å². The first-order valence-electron chi connectivity index (χ1n) is 8.44. The predicted molar refractivity (Wildman–Crippen MR) is 89.6 cm³/mol. The maximum Gasteiger partial charge on any atom is 0.241 e. The summed E-state index contributed by atoms with van der Waals surface area (Å²) in [6, 6.07) is 0.417. The maximum absolute atomic E-state index is 12.1. The van der Waals surface area contributed by atoms with Crippen molar-refractivity contribution in [3.63, 3.8) is 0 Å². The average molecular weight is 311 g/mol. The third-order valence-electron chi connectivity index (χ3n) is 5.30. The van der Waals surface area contributed by atoms with Gasteiger partial charge in [-0.15, -0.1) is 0 Å². The lowest BCUT2D eigenvalue weighted by Crippen LogP contribution is -2.53. The Labute approximate surface area is 133 Å². The second kappa shape index (κ2) is 7.97.